The van der Waals surface area contributed by atoms with Crippen LogP contribution in [0.3, 0.4) is 0 Å². The third-order valence-electron chi connectivity index (χ3n) is 4.24. The van der Waals surface area contributed by atoms with Crippen molar-refractivity contribution in [1.29, 1.82) is 0 Å². The zero-order chi connectivity index (χ0) is 17.6. The second kappa shape index (κ2) is 11.2. The van der Waals surface area contributed by atoms with Gasteiger partial charge in [-0.1, -0.05) is 13.0 Å². The molecule has 146 valence electrons. The average Bonchev–Trinajstić information content (AvgIpc) is 3.08. The van der Waals surface area contributed by atoms with E-state index in [1.54, 1.807) is 17.5 Å². The van der Waals surface area contributed by atoms with Crippen molar-refractivity contribution in [1.82, 2.24) is 15.3 Å². The molecule has 27 heavy (non-hydrogen) atoms. The Bertz CT molecular complexity index is 894. The highest BCUT2D eigenvalue weighted by molar-refractivity contribution is 7.15. The van der Waals surface area contributed by atoms with Gasteiger partial charge in [0, 0.05) is 45.5 Å². The van der Waals surface area contributed by atoms with E-state index in [0.717, 1.165) is 42.8 Å². The van der Waals surface area contributed by atoms with Gasteiger partial charge in [0.2, 0.25) is 0 Å². The van der Waals surface area contributed by atoms with Gasteiger partial charge in [-0.15, -0.1) is 36.2 Å². The maximum absolute atomic E-state index is 11.9. The molecule has 3 heterocycles. The zero-order valence-corrected chi connectivity index (χ0v) is 17.9. The largest absolute Gasteiger partial charge is 0.326 e. The molecule has 3 rings (SSSR count). The summed E-state index contributed by atoms with van der Waals surface area (Å²) in [5.41, 5.74) is 4.17. The van der Waals surface area contributed by atoms with Gasteiger partial charge in [-0.05, 0) is 56.1 Å². The van der Waals surface area contributed by atoms with E-state index in [4.69, 9.17) is 0 Å². The summed E-state index contributed by atoms with van der Waals surface area (Å²) in [5.74, 6) is 0. The number of H-pyrrole nitrogens is 1. The third-order valence-corrected chi connectivity index (χ3v) is 5.35. The highest BCUT2D eigenvalue weighted by Crippen LogP contribution is 2.29. The third kappa shape index (κ3) is 6.18. The normalized spacial score (nSPS) is 10.1. The Morgan fingerprint density at radius 3 is 2.74 bits per heavy atom. The van der Waals surface area contributed by atoms with E-state index in [2.05, 4.69) is 33.5 Å². The molecule has 7 heteroatoms. The number of thiophene rings is 1. The Morgan fingerprint density at radius 2 is 2.04 bits per heavy atom. The fourth-order valence-corrected chi connectivity index (χ4v) is 3.84. The minimum atomic E-state index is 0. The van der Waals surface area contributed by atoms with Gasteiger partial charge in [0.15, 0.2) is 0 Å². The smallest absolute Gasteiger partial charge is 0.251 e. The lowest BCUT2D eigenvalue weighted by atomic mass is 10.1. The van der Waals surface area contributed by atoms with Crippen LogP contribution in [0.15, 0.2) is 47.5 Å². The summed E-state index contributed by atoms with van der Waals surface area (Å²) >= 11 is 1.77. The van der Waals surface area contributed by atoms with Crippen LogP contribution in [0, 0.1) is 6.92 Å². The van der Waals surface area contributed by atoms with E-state index in [9.17, 15) is 4.79 Å². The number of halogens is 2. The van der Waals surface area contributed by atoms with Crippen LogP contribution in [0.4, 0.5) is 0 Å². The van der Waals surface area contributed by atoms with Crippen molar-refractivity contribution in [3.63, 3.8) is 0 Å². The van der Waals surface area contributed by atoms with Crippen LogP contribution >= 0.6 is 36.2 Å². The SMILES string of the molecule is CCc1cc(-c2ccc(CNCCc3cccnc3)s2)c(C)[nH]c1=O.Cl.Cl. The zero-order valence-electron chi connectivity index (χ0n) is 15.5. The second-order valence-corrected chi connectivity index (χ2v) is 7.24. The first-order chi connectivity index (χ1) is 12.2. The summed E-state index contributed by atoms with van der Waals surface area (Å²) in [5, 5.41) is 3.49. The lowest BCUT2D eigenvalue weighted by molar-refractivity contribution is 0.692. The molecular formula is C20H25Cl2N3OS. The fraction of sp³-hybridized carbons (Fsp3) is 0.300. The number of nitrogens with zero attached hydrogens (tertiary/aromatic N) is 1. The lowest BCUT2D eigenvalue weighted by Gasteiger charge is -2.06. The molecule has 0 saturated carbocycles. The number of aryl methyl sites for hydroxylation is 2. The molecule has 0 unspecified atom stereocenters. The minimum absolute atomic E-state index is 0. The van der Waals surface area contributed by atoms with Crippen LogP contribution in [0.2, 0.25) is 0 Å². The van der Waals surface area contributed by atoms with Crippen molar-refractivity contribution in [3.8, 4) is 10.4 Å². The highest BCUT2D eigenvalue weighted by atomic mass is 35.5. The van der Waals surface area contributed by atoms with Gasteiger partial charge in [0.25, 0.3) is 5.56 Å². The molecule has 0 spiro atoms. The number of pyridine rings is 2. The monoisotopic (exact) mass is 425 g/mol. The summed E-state index contributed by atoms with van der Waals surface area (Å²) in [6, 6.07) is 10.4. The number of aromatic amines is 1. The first-order valence-corrected chi connectivity index (χ1v) is 9.40. The molecule has 3 aromatic heterocycles. The van der Waals surface area contributed by atoms with Crippen LogP contribution in [0.5, 0.6) is 0 Å². The van der Waals surface area contributed by atoms with Crippen molar-refractivity contribution in [3.05, 3.63) is 74.8 Å². The van der Waals surface area contributed by atoms with Gasteiger partial charge < -0.3 is 10.3 Å². The Balaban J connectivity index is 0.00000182. The van der Waals surface area contributed by atoms with E-state index < -0.39 is 0 Å². The van der Waals surface area contributed by atoms with E-state index in [-0.39, 0.29) is 30.4 Å². The van der Waals surface area contributed by atoms with Crippen molar-refractivity contribution < 1.29 is 0 Å². The second-order valence-electron chi connectivity index (χ2n) is 6.07. The molecule has 4 nitrogen and oxygen atoms in total. The summed E-state index contributed by atoms with van der Waals surface area (Å²) in [4.78, 5) is 21.5. The van der Waals surface area contributed by atoms with E-state index in [1.807, 2.05) is 32.2 Å². The quantitative estimate of drug-likeness (QED) is 0.545. The van der Waals surface area contributed by atoms with Crippen LogP contribution in [-0.2, 0) is 19.4 Å². The van der Waals surface area contributed by atoms with Crippen molar-refractivity contribution in [2.75, 3.05) is 6.54 Å². The number of rotatable bonds is 7. The Morgan fingerprint density at radius 1 is 1.22 bits per heavy atom. The Labute approximate surface area is 176 Å². The molecule has 0 atom stereocenters. The number of aromatic nitrogens is 2. The maximum Gasteiger partial charge on any atom is 0.251 e. The molecule has 0 radical (unpaired) electrons. The summed E-state index contributed by atoms with van der Waals surface area (Å²) in [6.07, 6.45) is 5.43. The van der Waals surface area contributed by atoms with Gasteiger partial charge >= 0.3 is 0 Å². The predicted octanol–water partition coefficient (Wildman–Crippen LogP) is 4.55. The summed E-state index contributed by atoms with van der Waals surface area (Å²) in [6.45, 7) is 5.75. The molecule has 2 N–H and O–H groups in total. The molecular weight excluding hydrogens is 401 g/mol. The molecule has 0 saturated heterocycles. The number of nitrogens with one attached hydrogen (secondary N) is 2. The molecule has 0 fully saturated rings. The molecule has 0 bridgehead atoms. The summed E-state index contributed by atoms with van der Waals surface area (Å²) in [7, 11) is 0. The molecule has 0 aliphatic carbocycles. The molecule has 3 aromatic rings. The van der Waals surface area contributed by atoms with Crippen LogP contribution in [0.25, 0.3) is 10.4 Å². The Hall–Kier alpha value is -1.66. The standard InChI is InChI=1S/C20H23N3OS.2ClH/c1-3-16-11-18(14(2)23-20(16)24)19-7-6-17(25-19)13-22-10-8-15-5-4-9-21-12-15;;/h4-7,9,11-12,22H,3,8,10,13H2,1-2H3,(H,23,24);2*1H. The average molecular weight is 426 g/mol. The maximum atomic E-state index is 11.9. The molecule has 0 amide bonds. The number of hydrogen-bond donors (Lipinski definition) is 2. The first-order valence-electron chi connectivity index (χ1n) is 8.59. The predicted molar refractivity (Wildman–Crippen MR) is 119 cm³/mol. The van der Waals surface area contributed by atoms with E-state index >= 15 is 0 Å². The minimum Gasteiger partial charge on any atom is -0.326 e. The molecule has 0 aliphatic heterocycles. The van der Waals surface area contributed by atoms with E-state index in [0.29, 0.717) is 0 Å². The molecule has 0 aromatic carbocycles. The van der Waals surface area contributed by atoms with Crippen LogP contribution < -0.4 is 10.9 Å². The summed E-state index contributed by atoms with van der Waals surface area (Å²) < 4.78 is 0. The van der Waals surface area contributed by atoms with E-state index in [1.165, 1.54) is 15.3 Å². The highest BCUT2D eigenvalue weighted by Gasteiger charge is 2.09. The van der Waals surface area contributed by atoms with Crippen molar-refractivity contribution in [2.45, 2.75) is 33.2 Å². The van der Waals surface area contributed by atoms with Gasteiger partial charge in [-0.3, -0.25) is 9.78 Å². The van der Waals surface area contributed by atoms with Crippen molar-refractivity contribution >= 4 is 36.2 Å². The van der Waals surface area contributed by atoms with Gasteiger partial charge in [-0.2, -0.15) is 0 Å². The van der Waals surface area contributed by atoms with Crippen molar-refractivity contribution in [2.24, 2.45) is 0 Å². The first kappa shape index (κ1) is 23.4. The lowest BCUT2D eigenvalue weighted by Crippen LogP contribution is -2.15. The number of hydrogen-bond acceptors (Lipinski definition) is 4. The topological polar surface area (TPSA) is 57.8 Å². The van der Waals surface area contributed by atoms with Gasteiger partial charge in [-0.25, -0.2) is 0 Å². The molecule has 0 aliphatic rings. The fourth-order valence-electron chi connectivity index (χ4n) is 2.79. The van der Waals surface area contributed by atoms with Gasteiger partial charge in [0.1, 0.15) is 0 Å². The van der Waals surface area contributed by atoms with Crippen LogP contribution in [-0.4, -0.2) is 16.5 Å². The van der Waals surface area contributed by atoms with Gasteiger partial charge in [0.05, 0.1) is 0 Å². The Kier molecular flexibility index (Phi) is 9.74. The van der Waals surface area contributed by atoms with Crippen LogP contribution in [0.1, 0.15) is 28.6 Å².